The zero-order chi connectivity index (χ0) is 14.8. The number of non-ortho nitro benzene ring substituents is 1. The maximum absolute atomic E-state index is 12.1. The topological polar surface area (TPSA) is 65.5 Å². The molecule has 0 aliphatic rings. The number of ether oxygens (including phenoxy) is 1. The van der Waals surface area contributed by atoms with Crippen LogP contribution in [0.1, 0.15) is 0 Å². The van der Waals surface area contributed by atoms with Gasteiger partial charge in [-0.2, -0.15) is 13.2 Å². The van der Waals surface area contributed by atoms with E-state index in [-0.39, 0.29) is 17.0 Å². The molecule has 0 N–H and O–H groups in total. The van der Waals surface area contributed by atoms with E-state index < -0.39 is 17.7 Å². The number of benzene rings is 1. The van der Waals surface area contributed by atoms with Gasteiger partial charge in [-0.15, -0.1) is 0 Å². The predicted molar refractivity (Wildman–Crippen MR) is 62.3 cm³/mol. The molecule has 0 saturated carbocycles. The first-order valence-electron chi connectivity index (χ1n) is 5.38. The highest BCUT2D eigenvalue weighted by Gasteiger charge is 2.28. The van der Waals surface area contributed by atoms with E-state index in [1.54, 1.807) is 6.07 Å². The standard InChI is InChI=1S/C12H8F3NO4/c13-12(14,15)7-20-10-5-8(11-2-1-3-19-11)4-9(6-10)16(17)18/h1-6H,7H2. The van der Waals surface area contributed by atoms with Crippen molar-refractivity contribution >= 4 is 5.69 Å². The van der Waals surface area contributed by atoms with Gasteiger partial charge in [-0.1, -0.05) is 0 Å². The number of nitro groups is 1. The summed E-state index contributed by atoms with van der Waals surface area (Å²) in [7, 11) is 0. The summed E-state index contributed by atoms with van der Waals surface area (Å²) in [5.74, 6) is 0.0495. The molecule has 0 bridgehead atoms. The number of rotatable bonds is 4. The number of alkyl halides is 3. The molecular formula is C12H8F3NO4. The molecular weight excluding hydrogens is 279 g/mol. The van der Waals surface area contributed by atoms with E-state index in [9.17, 15) is 23.3 Å². The Kier molecular flexibility index (Phi) is 3.64. The zero-order valence-electron chi connectivity index (χ0n) is 9.89. The Balaban J connectivity index is 2.34. The minimum Gasteiger partial charge on any atom is -0.484 e. The first kappa shape index (κ1) is 13.9. The second-order valence-electron chi connectivity index (χ2n) is 3.85. The molecule has 1 aromatic carbocycles. The molecule has 0 aliphatic carbocycles. The van der Waals surface area contributed by atoms with E-state index in [2.05, 4.69) is 4.74 Å². The van der Waals surface area contributed by atoms with Crippen LogP contribution in [-0.4, -0.2) is 17.7 Å². The van der Waals surface area contributed by atoms with Crippen molar-refractivity contribution in [2.45, 2.75) is 6.18 Å². The van der Waals surface area contributed by atoms with E-state index in [0.717, 1.165) is 6.07 Å². The molecule has 0 fully saturated rings. The summed E-state index contributed by atoms with van der Waals surface area (Å²) in [4.78, 5) is 10.1. The third-order valence-electron chi connectivity index (χ3n) is 2.31. The summed E-state index contributed by atoms with van der Waals surface area (Å²) >= 11 is 0. The van der Waals surface area contributed by atoms with Gasteiger partial charge in [0.25, 0.3) is 5.69 Å². The van der Waals surface area contributed by atoms with Crippen molar-refractivity contribution in [2.75, 3.05) is 6.61 Å². The SMILES string of the molecule is O=[N+]([O-])c1cc(OCC(F)(F)F)cc(-c2ccco2)c1. The summed E-state index contributed by atoms with van der Waals surface area (Å²) < 4.78 is 45.9. The van der Waals surface area contributed by atoms with Gasteiger partial charge < -0.3 is 9.15 Å². The van der Waals surface area contributed by atoms with E-state index in [1.807, 2.05) is 0 Å². The molecule has 106 valence electrons. The second-order valence-corrected chi connectivity index (χ2v) is 3.85. The highest BCUT2D eigenvalue weighted by Crippen LogP contribution is 2.30. The lowest BCUT2D eigenvalue weighted by Crippen LogP contribution is -2.19. The fourth-order valence-electron chi connectivity index (χ4n) is 1.52. The summed E-state index contributed by atoms with van der Waals surface area (Å²) in [5.41, 5.74) is -0.113. The van der Waals surface area contributed by atoms with Gasteiger partial charge in [0.05, 0.1) is 17.3 Å². The number of nitro benzene ring substituents is 1. The van der Waals surface area contributed by atoms with Crippen LogP contribution in [0.4, 0.5) is 18.9 Å². The predicted octanol–water partition coefficient (Wildman–Crippen LogP) is 3.80. The molecule has 0 aliphatic heterocycles. The molecule has 5 nitrogen and oxygen atoms in total. The van der Waals surface area contributed by atoms with Crippen LogP contribution >= 0.6 is 0 Å². The number of furan rings is 1. The minimum absolute atomic E-state index is 0.247. The maximum atomic E-state index is 12.1. The molecule has 1 aromatic heterocycles. The van der Waals surface area contributed by atoms with Gasteiger partial charge in [-0.25, -0.2) is 0 Å². The van der Waals surface area contributed by atoms with Crippen molar-refractivity contribution in [1.82, 2.24) is 0 Å². The molecule has 1 heterocycles. The Bertz CT molecular complexity index is 608. The van der Waals surface area contributed by atoms with Crippen LogP contribution in [0.2, 0.25) is 0 Å². The highest BCUT2D eigenvalue weighted by molar-refractivity contribution is 5.64. The van der Waals surface area contributed by atoms with Crippen molar-refractivity contribution in [3.8, 4) is 17.1 Å². The molecule has 0 spiro atoms. The Morgan fingerprint density at radius 1 is 1.30 bits per heavy atom. The largest absolute Gasteiger partial charge is 0.484 e. The monoisotopic (exact) mass is 287 g/mol. The average molecular weight is 287 g/mol. The van der Waals surface area contributed by atoms with Crippen molar-refractivity contribution in [2.24, 2.45) is 0 Å². The lowest BCUT2D eigenvalue weighted by atomic mass is 10.1. The molecule has 0 unspecified atom stereocenters. The van der Waals surface area contributed by atoms with E-state index in [0.29, 0.717) is 5.76 Å². The fourth-order valence-corrected chi connectivity index (χ4v) is 1.52. The number of hydrogen-bond donors (Lipinski definition) is 0. The Morgan fingerprint density at radius 3 is 2.60 bits per heavy atom. The molecule has 2 rings (SSSR count). The van der Waals surface area contributed by atoms with E-state index in [1.165, 1.54) is 24.5 Å². The summed E-state index contributed by atoms with van der Waals surface area (Å²) in [6, 6.07) is 6.46. The van der Waals surface area contributed by atoms with Gasteiger partial charge in [0.1, 0.15) is 11.5 Å². The zero-order valence-corrected chi connectivity index (χ0v) is 9.89. The van der Waals surface area contributed by atoms with Gasteiger partial charge in [-0.05, 0) is 18.2 Å². The molecule has 0 radical (unpaired) electrons. The molecule has 0 saturated heterocycles. The number of halogens is 3. The number of hydrogen-bond acceptors (Lipinski definition) is 4. The third kappa shape index (κ3) is 3.50. The van der Waals surface area contributed by atoms with E-state index in [4.69, 9.17) is 4.42 Å². The van der Waals surface area contributed by atoms with Gasteiger partial charge in [0.15, 0.2) is 6.61 Å². The Labute approximate surface area is 110 Å². The van der Waals surface area contributed by atoms with Crippen molar-refractivity contribution in [3.05, 3.63) is 46.7 Å². The average Bonchev–Trinajstić information content (AvgIpc) is 2.89. The molecule has 8 heteroatoms. The van der Waals surface area contributed by atoms with Crippen molar-refractivity contribution in [1.29, 1.82) is 0 Å². The summed E-state index contributed by atoms with van der Waals surface area (Å²) in [6.45, 7) is -1.52. The quantitative estimate of drug-likeness (QED) is 0.633. The van der Waals surface area contributed by atoms with Crippen LogP contribution in [0.15, 0.2) is 41.0 Å². The van der Waals surface area contributed by atoms with Gasteiger partial charge in [-0.3, -0.25) is 10.1 Å². The molecule has 2 aromatic rings. The smallest absolute Gasteiger partial charge is 0.422 e. The highest BCUT2D eigenvalue weighted by atomic mass is 19.4. The summed E-state index contributed by atoms with van der Waals surface area (Å²) in [6.07, 6.45) is -3.17. The van der Waals surface area contributed by atoms with Crippen LogP contribution in [0.25, 0.3) is 11.3 Å². The Hall–Kier alpha value is -2.51. The van der Waals surface area contributed by atoms with Crippen LogP contribution in [0, 0.1) is 10.1 Å². The second kappa shape index (κ2) is 5.24. The lowest BCUT2D eigenvalue weighted by molar-refractivity contribution is -0.384. The third-order valence-corrected chi connectivity index (χ3v) is 2.31. The van der Waals surface area contributed by atoms with E-state index >= 15 is 0 Å². The molecule has 0 amide bonds. The lowest BCUT2D eigenvalue weighted by Gasteiger charge is -2.09. The first-order chi connectivity index (χ1) is 9.35. The Morgan fingerprint density at radius 2 is 2.05 bits per heavy atom. The van der Waals surface area contributed by atoms with Gasteiger partial charge in [0.2, 0.25) is 0 Å². The van der Waals surface area contributed by atoms with Gasteiger partial charge in [0, 0.05) is 11.6 Å². The summed E-state index contributed by atoms with van der Waals surface area (Å²) in [5, 5.41) is 10.8. The normalized spacial score (nSPS) is 11.3. The van der Waals surface area contributed by atoms with Gasteiger partial charge >= 0.3 is 6.18 Å². The number of nitrogens with zero attached hydrogens (tertiary/aromatic N) is 1. The van der Waals surface area contributed by atoms with Crippen LogP contribution in [-0.2, 0) is 0 Å². The van der Waals surface area contributed by atoms with Crippen molar-refractivity contribution < 1.29 is 27.2 Å². The minimum atomic E-state index is -4.52. The van der Waals surface area contributed by atoms with Crippen molar-refractivity contribution in [3.63, 3.8) is 0 Å². The fraction of sp³-hybridized carbons (Fsp3) is 0.167. The van der Waals surface area contributed by atoms with Crippen LogP contribution in [0.3, 0.4) is 0 Å². The van der Waals surface area contributed by atoms with Crippen LogP contribution < -0.4 is 4.74 Å². The first-order valence-corrected chi connectivity index (χ1v) is 5.38. The maximum Gasteiger partial charge on any atom is 0.422 e. The van der Waals surface area contributed by atoms with Crippen LogP contribution in [0.5, 0.6) is 5.75 Å². The molecule has 20 heavy (non-hydrogen) atoms. The molecule has 0 atom stereocenters.